The van der Waals surface area contributed by atoms with Crippen LogP contribution < -0.4 is 15.9 Å². The fourth-order valence-corrected chi connectivity index (χ4v) is 3.28. The van der Waals surface area contributed by atoms with Crippen molar-refractivity contribution in [3.63, 3.8) is 0 Å². The summed E-state index contributed by atoms with van der Waals surface area (Å²) < 4.78 is 6.60. The molecule has 0 saturated heterocycles. The highest BCUT2D eigenvalue weighted by Crippen LogP contribution is 2.28. The number of carbonyl (C=O) groups is 1. The van der Waals surface area contributed by atoms with Crippen LogP contribution in [0, 0.1) is 6.92 Å². The molecule has 27 heavy (non-hydrogen) atoms. The number of nitrogens with zero attached hydrogens (tertiary/aromatic N) is 3. The third kappa shape index (κ3) is 4.53. The Labute approximate surface area is 165 Å². The summed E-state index contributed by atoms with van der Waals surface area (Å²) in [5.74, 6) is 7.03. The minimum atomic E-state index is -0.235. The van der Waals surface area contributed by atoms with Crippen LogP contribution in [0.15, 0.2) is 47.6 Å². The number of rotatable bonds is 6. The van der Waals surface area contributed by atoms with Crippen LogP contribution in [-0.2, 0) is 4.79 Å². The molecule has 0 fully saturated rings. The Morgan fingerprint density at radius 1 is 1.30 bits per heavy atom. The summed E-state index contributed by atoms with van der Waals surface area (Å²) in [6.45, 7) is 1.99. The average molecular weight is 404 g/mol. The third-order valence-corrected chi connectivity index (χ3v) is 4.89. The number of thioether (sulfide) groups is 1. The van der Waals surface area contributed by atoms with Crippen LogP contribution in [0.1, 0.15) is 5.56 Å². The van der Waals surface area contributed by atoms with Crippen molar-refractivity contribution in [2.24, 2.45) is 0 Å². The maximum atomic E-state index is 12.3. The molecule has 3 rings (SSSR count). The Morgan fingerprint density at radius 2 is 2.11 bits per heavy atom. The smallest absolute Gasteiger partial charge is 0.234 e. The van der Waals surface area contributed by atoms with Crippen molar-refractivity contribution in [3.05, 3.63) is 53.1 Å². The predicted octanol–water partition coefficient (Wildman–Crippen LogP) is 3.36. The van der Waals surface area contributed by atoms with Crippen molar-refractivity contribution >= 4 is 35.0 Å². The van der Waals surface area contributed by atoms with Crippen LogP contribution in [-0.4, -0.2) is 33.6 Å². The largest absolute Gasteiger partial charge is 0.495 e. The number of methoxy groups -OCH3 is 1. The molecule has 0 aliphatic heterocycles. The van der Waals surface area contributed by atoms with E-state index < -0.39 is 0 Å². The minimum absolute atomic E-state index is 0.110. The zero-order valence-electron chi connectivity index (χ0n) is 14.8. The molecule has 0 saturated carbocycles. The number of anilines is 1. The second-order valence-electron chi connectivity index (χ2n) is 5.73. The number of halogens is 1. The van der Waals surface area contributed by atoms with Gasteiger partial charge in [-0.25, -0.2) is 4.68 Å². The van der Waals surface area contributed by atoms with Crippen molar-refractivity contribution < 1.29 is 9.53 Å². The van der Waals surface area contributed by atoms with Gasteiger partial charge in [-0.15, -0.1) is 10.2 Å². The standard InChI is InChI=1S/C18H18ClN5O2S/c1-11-4-3-5-12(8-11)17-22-23-18(24(17)20)27-10-16(25)21-14-9-13(19)6-7-15(14)26-2/h3-9H,10,20H2,1-2H3,(H,21,25). The number of carbonyl (C=O) groups excluding carboxylic acids is 1. The van der Waals surface area contributed by atoms with Crippen molar-refractivity contribution in [2.45, 2.75) is 12.1 Å². The van der Waals surface area contributed by atoms with Gasteiger partial charge in [0.25, 0.3) is 0 Å². The Bertz CT molecular complexity index is 976. The summed E-state index contributed by atoms with van der Waals surface area (Å²) in [5, 5.41) is 11.9. The number of nitrogens with two attached hydrogens (primary N) is 1. The topological polar surface area (TPSA) is 95.1 Å². The van der Waals surface area contributed by atoms with Gasteiger partial charge in [0.05, 0.1) is 18.6 Å². The summed E-state index contributed by atoms with van der Waals surface area (Å²) in [6, 6.07) is 12.8. The van der Waals surface area contributed by atoms with E-state index in [1.807, 2.05) is 31.2 Å². The van der Waals surface area contributed by atoms with E-state index in [9.17, 15) is 4.79 Å². The average Bonchev–Trinajstić information content (AvgIpc) is 3.01. The van der Waals surface area contributed by atoms with E-state index >= 15 is 0 Å². The van der Waals surface area contributed by atoms with Crippen LogP contribution in [0.3, 0.4) is 0 Å². The number of benzene rings is 2. The summed E-state index contributed by atoms with van der Waals surface area (Å²) in [5.41, 5.74) is 2.47. The van der Waals surface area contributed by atoms with Crippen LogP contribution in [0.4, 0.5) is 5.69 Å². The summed E-state index contributed by atoms with van der Waals surface area (Å²) >= 11 is 7.16. The first kappa shape index (κ1) is 19.1. The zero-order chi connectivity index (χ0) is 19.4. The highest BCUT2D eigenvalue weighted by Gasteiger charge is 2.15. The number of nitrogens with one attached hydrogen (secondary N) is 1. The molecule has 0 atom stereocenters. The fraction of sp³-hybridized carbons (Fsp3) is 0.167. The van der Waals surface area contributed by atoms with E-state index in [4.69, 9.17) is 22.2 Å². The van der Waals surface area contributed by atoms with Gasteiger partial charge in [-0.05, 0) is 31.2 Å². The molecule has 0 unspecified atom stereocenters. The number of aromatic nitrogens is 3. The second kappa shape index (κ2) is 8.32. The number of amides is 1. The summed E-state index contributed by atoms with van der Waals surface area (Å²) in [6.07, 6.45) is 0. The lowest BCUT2D eigenvalue weighted by Crippen LogP contribution is -2.17. The van der Waals surface area contributed by atoms with Crippen LogP contribution >= 0.6 is 23.4 Å². The first-order chi connectivity index (χ1) is 13.0. The monoisotopic (exact) mass is 403 g/mol. The van der Waals surface area contributed by atoms with Gasteiger partial charge in [-0.2, -0.15) is 0 Å². The molecule has 1 heterocycles. The Balaban J connectivity index is 1.67. The van der Waals surface area contributed by atoms with E-state index in [0.29, 0.717) is 27.4 Å². The summed E-state index contributed by atoms with van der Waals surface area (Å²) in [4.78, 5) is 12.3. The van der Waals surface area contributed by atoms with Crippen molar-refractivity contribution in [3.8, 4) is 17.1 Å². The molecule has 9 heteroatoms. The molecule has 2 aromatic carbocycles. The van der Waals surface area contributed by atoms with Crippen molar-refractivity contribution in [2.75, 3.05) is 24.0 Å². The van der Waals surface area contributed by atoms with Gasteiger partial charge < -0.3 is 15.9 Å². The number of hydrogen-bond acceptors (Lipinski definition) is 6. The van der Waals surface area contributed by atoms with E-state index in [1.165, 1.54) is 23.5 Å². The maximum Gasteiger partial charge on any atom is 0.234 e. The number of hydrogen-bond donors (Lipinski definition) is 2. The van der Waals surface area contributed by atoms with E-state index in [1.54, 1.807) is 18.2 Å². The maximum absolute atomic E-state index is 12.3. The van der Waals surface area contributed by atoms with E-state index in [0.717, 1.165) is 11.1 Å². The first-order valence-electron chi connectivity index (χ1n) is 8.01. The molecule has 3 N–H and O–H groups in total. The van der Waals surface area contributed by atoms with Crippen molar-refractivity contribution in [1.82, 2.24) is 14.9 Å². The van der Waals surface area contributed by atoms with Gasteiger partial charge in [-0.3, -0.25) is 4.79 Å². The molecular weight excluding hydrogens is 386 g/mol. The molecule has 140 valence electrons. The molecule has 0 spiro atoms. The normalized spacial score (nSPS) is 10.6. The Morgan fingerprint density at radius 3 is 2.85 bits per heavy atom. The fourth-order valence-electron chi connectivity index (χ4n) is 2.45. The lowest BCUT2D eigenvalue weighted by atomic mass is 10.1. The Kier molecular flexibility index (Phi) is 5.88. The predicted molar refractivity (Wildman–Crippen MR) is 108 cm³/mol. The summed E-state index contributed by atoms with van der Waals surface area (Å²) in [7, 11) is 1.53. The third-order valence-electron chi connectivity index (χ3n) is 3.71. The molecular formula is C18H18ClN5O2S. The van der Waals surface area contributed by atoms with Crippen LogP contribution in [0.5, 0.6) is 5.75 Å². The molecule has 1 amide bonds. The number of nitrogen functional groups attached to an aromatic ring is 1. The van der Waals surface area contributed by atoms with Gasteiger partial charge in [0.1, 0.15) is 5.75 Å². The SMILES string of the molecule is COc1ccc(Cl)cc1NC(=O)CSc1nnc(-c2cccc(C)c2)n1N. The lowest BCUT2D eigenvalue weighted by Gasteiger charge is -2.10. The minimum Gasteiger partial charge on any atom is -0.495 e. The van der Waals surface area contributed by atoms with Crippen LogP contribution in [0.25, 0.3) is 11.4 Å². The molecule has 0 bridgehead atoms. The van der Waals surface area contributed by atoms with Crippen LogP contribution in [0.2, 0.25) is 5.02 Å². The molecule has 0 aliphatic rings. The zero-order valence-corrected chi connectivity index (χ0v) is 16.3. The van der Waals surface area contributed by atoms with Gasteiger partial charge >= 0.3 is 0 Å². The second-order valence-corrected chi connectivity index (χ2v) is 7.11. The molecule has 0 aliphatic carbocycles. The van der Waals surface area contributed by atoms with E-state index in [-0.39, 0.29) is 11.7 Å². The number of aryl methyl sites for hydroxylation is 1. The highest BCUT2D eigenvalue weighted by atomic mass is 35.5. The molecule has 0 radical (unpaired) electrons. The van der Waals surface area contributed by atoms with Gasteiger partial charge in [-0.1, -0.05) is 47.1 Å². The number of ether oxygens (including phenoxy) is 1. The lowest BCUT2D eigenvalue weighted by molar-refractivity contribution is -0.113. The Hall–Kier alpha value is -2.71. The molecule has 7 nitrogen and oxygen atoms in total. The van der Waals surface area contributed by atoms with E-state index in [2.05, 4.69) is 15.5 Å². The highest BCUT2D eigenvalue weighted by molar-refractivity contribution is 7.99. The quantitative estimate of drug-likeness (QED) is 0.484. The van der Waals surface area contributed by atoms with Gasteiger partial charge in [0.2, 0.25) is 11.1 Å². The molecule has 1 aromatic heterocycles. The molecule has 3 aromatic rings. The van der Waals surface area contributed by atoms with Crippen molar-refractivity contribution in [1.29, 1.82) is 0 Å². The van der Waals surface area contributed by atoms with Gasteiger partial charge in [0.15, 0.2) is 5.82 Å². The van der Waals surface area contributed by atoms with Gasteiger partial charge in [0, 0.05) is 10.6 Å². The first-order valence-corrected chi connectivity index (χ1v) is 9.38.